The first kappa shape index (κ1) is 15.2. The molecule has 7 heteroatoms. The fraction of sp³-hybridized carbons (Fsp3) is 0.500. The molecule has 1 fully saturated rings. The standard InChI is InChI=1S/C14H18N2O5/c17-9-6-7-12(16(20)21)10(8-9)14(19)15-11-4-2-1-3-5-13(11)18/h6-8,11,13,17-18H,1-5H2,(H,15,19). The Morgan fingerprint density at radius 3 is 2.71 bits per heavy atom. The van der Waals surface area contributed by atoms with E-state index >= 15 is 0 Å². The maximum absolute atomic E-state index is 12.2. The number of phenols is 1. The van der Waals surface area contributed by atoms with Crippen LogP contribution in [-0.2, 0) is 0 Å². The molecule has 0 saturated heterocycles. The second kappa shape index (κ2) is 6.53. The van der Waals surface area contributed by atoms with Gasteiger partial charge in [-0.25, -0.2) is 0 Å². The number of aliphatic hydroxyl groups excluding tert-OH is 1. The molecule has 0 bridgehead atoms. The maximum atomic E-state index is 12.2. The molecule has 2 atom stereocenters. The van der Waals surface area contributed by atoms with Crippen LogP contribution in [0, 0.1) is 10.1 Å². The lowest BCUT2D eigenvalue weighted by atomic mass is 10.0. The number of carbonyl (C=O) groups excluding carboxylic acids is 1. The molecule has 7 nitrogen and oxygen atoms in total. The maximum Gasteiger partial charge on any atom is 0.282 e. The Labute approximate surface area is 121 Å². The first-order valence-corrected chi connectivity index (χ1v) is 6.95. The summed E-state index contributed by atoms with van der Waals surface area (Å²) in [4.78, 5) is 22.5. The lowest BCUT2D eigenvalue weighted by Gasteiger charge is -2.21. The third-order valence-corrected chi connectivity index (χ3v) is 3.72. The van der Waals surface area contributed by atoms with E-state index < -0.39 is 23.0 Å². The first-order chi connectivity index (χ1) is 9.99. The van der Waals surface area contributed by atoms with E-state index in [9.17, 15) is 25.1 Å². The largest absolute Gasteiger partial charge is 0.508 e. The second-order valence-corrected chi connectivity index (χ2v) is 5.24. The minimum atomic E-state index is -0.669. The normalized spacial score (nSPS) is 22.3. The van der Waals surface area contributed by atoms with Gasteiger partial charge in [-0.2, -0.15) is 0 Å². The molecule has 2 unspecified atom stereocenters. The molecule has 1 aliphatic rings. The van der Waals surface area contributed by atoms with Gasteiger partial charge in [0.25, 0.3) is 11.6 Å². The lowest BCUT2D eigenvalue weighted by molar-refractivity contribution is -0.385. The Hall–Kier alpha value is -2.15. The van der Waals surface area contributed by atoms with Gasteiger partial charge >= 0.3 is 0 Å². The van der Waals surface area contributed by atoms with Gasteiger partial charge in [0.1, 0.15) is 11.3 Å². The fourth-order valence-corrected chi connectivity index (χ4v) is 2.57. The molecule has 0 spiro atoms. The van der Waals surface area contributed by atoms with Crippen LogP contribution in [0.1, 0.15) is 42.5 Å². The van der Waals surface area contributed by atoms with Gasteiger partial charge in [-0.05, 0) is 25.0 Å². The summed E-state index contributed by atoms with van der Waals surface area (Å²) in [5, 5.41) is 33.0. The molecule has 114 valence electrons. The number of rotatable bonds is 3. The highest BCUT2D eigenvalue weighted by molar-refractivity contribution is 5.98. The molecule has 0 heterocycles. The van der Waals surface area contributed by atoms with E-state index in [1.54, 1.807) is 0 Å². The van der Waals surface area contributed by atoms with Crippen molar-refractivity contribution in [2.75, 3.05) is 0 Å². The summed E-state index contributed by atoms with van der Waals surface area (Å²) in [5.41, 5.74) is -0.565. The number of hydrogen-bond acceptors (Lipinski definition) is 5. The molecule has 1 amide bonds. The van der Waals surface area contributed by atoms with E-state index in [0.717, 1.165) is 37.5 Å². The summed E-state index contributed by atoms with van der Waals surface area (Å²) in [6.45, 7) is 0. The Morgan fingerprint density at radius 2 is 2.00 bits per heavy atom. The Kier molecular flexibility index (Phi) is 4.74. The fourth-order valence-electron chi connectivity index (χ4n) is 2.57. The van der Waals surface area contributed by atoms with Crippen LogP contribution in [0.4, 0.5) is 5.69 Å². The molecule has 1 saturated carbocycles. The van der Waals surface area contributed by atoms with Crippen molar-refractivity contribution in [1.82, 2.24) is 5.32 Å². The molecule has 1 aromatic rings. The molecular weight excluding hydrogens is 276 g/mol. The third kappa shape index (κ3) is 3.69. The Morgan fingerprint density at radius 1 is 1.29 bits per heavy atom. The van der Waals surface area contributed by atoms with Crippen LogP contribution in [0.5, 0.6) is 5.75 Å². The molecule has 0 radical (unpaired) electrons. The van der Waals surface area contributed by atoms with Crippen molar-refractivity contribution in [3.05, 3.63) is 33.9 Å². The van der Waals surface area contributed by atoms with Crippen LogP contribution in [0.15, 0.2) is 18.2 Å². The predicted octanol–water partition coefficient (Wildman–Crippen LogP) is 1.72. The summed E-state index contributed by atoms with van der Waals surface area (Å²) in [6, 6.07) is 2.90. The van der Waals surface area contributed by atoms with E-state index in [1.165, 1.54) is 0 Å². The van der Waals surface area contributed by atoms with Crippen LogP contribution in [0.3, 0.4) is 0 Å². The van der Waals surface area contributed by atoms with E-state index in [0.29, 0.717) is 12.8 Å². The van der Waals surface area contributed by atoms with E-state index in [2.05, 4.69) is 5.32 Å². The number of carbonyl (C=O) groups is 1. The van der Waals surface area contributed by atoms with Gasteiger partial charge in [-0.3, -0.25) is 14.9 Å². The zero-order valence-electron chi connectivity index (χ0n) is 11.5. The molecule has 3 N–H and O–H groups in total. The van der Waals surface area contributed by atoms with Gasteiger partial charge in [0.15, 0.2) is 0 Å². The van der Waals surface area contributed by atoms with Crippen LogP contribution < -0.4 is 5.32 Å². The molecule has 0 aromatic heterocycles. The number of nitrogens with one attached hydrogen (secondary N) is 1. The monoisotopic (exact) mass is 294 g/mol. The average Bonchev–Trinajstić information content (AvgIpc) is 2.63. The first-order valence-electron chi connectivity index (χ1n) is 6.95. The molecule has 1 aromatic carbocycles. The number of hydrogen-bond donors (Lipinski definition) is 3. The molecular formula is C14H18N2O5. The number of nitro benzene ring substituents is 1. The number of benzene rings is 1. The van der Waals surface area contributed by atoms with E-state index in [1.807, 2.05) is 0 Å². The van der Waals surface area contributed by atoms with Gasteiger partial charge in [-0.1, -0.05) is 19.3 Å². The van der Waals surface area contributed by atoms with Crippen molar-refractivity contribution in [3.8, 4) is 5.75 Å². The molecule has 0 aliphatic heterocycles. The molecule has 21 heavy (non-hydrogen) atoms. The van der Waals surface area contributed by atoms with Crippen molar-refractivity contribution in [3.63, 3.8) is 0 Å². The van der Waals surface area contributed by atoms with Gasteiger partial charge in [-0.15, -0.1) is 0 Å². The minimum Gasteiger partial charge on any atom is -0.508 e. The Bertz CT molecular complexity index is 546. The zero-order valence-corrected chi connectivity index (χ0v) is 11.5. The smallest absolute Gasteiger partial charge is 0.282 e. The van der Waals surface area contributed by atoms with Crippen LogP contribution in [-0.4, -0.2) is 33.2 Å². The molecule has 2 rings (SSSR count). The Balaban J connectivity index is 2.19. The van der Waals surface area contributed by atoms with Crippen LogP contribution in [0.2, 0.25) is 0 Å². The number of phenolic OH excluding ortho intramolecular Hbond substituents is 1. The summed E-state index contributed by atoms with van der Waals surface area (Å²) in [7, 11) is 0. The number of amides is 1. The van der Waals surface area contributed by atoms with Gasteiger partial charge in [0.2, 0.25) is 0 Å². The summed E-state index contributed by atoms with van der Waals surface area (Å²) >= 11 is 0. The van der Waals surface area contributed by atoms with E-state index in [4.69, 9.17) is 0 Å². The summed E-state index contributed by atoms with van der Waals surface area (Å²) < 4.78 is 0. The third-order valence-electron chi connectivity index (χ3n) is 3.72. The lowest BCUT2D eigenvalue weighted by Crippen LogP contribution is -2.42. The quantitative estimate of drug-likeness (QED) is 0.446. The van der Waals surface area contributed by atoms with E-state index in [-0.39, 0.29) is 17.0 Å². The van der Waals surface area contributed by atoms with Crippen LogP contribution in [0.25, 0.3) is 0 Å². The van der Waals surface area contributed by atoms with Crippen molar-refractivity contribution < 1.29 is 19.9 Å². The minimum absolute atomic E-state index is 0.198. The van der Waals surface area contributed by atoms with Gasteiger partial charge < -0.3 is 15.5 Å². The number of aliphatic hydroxyl groups is 1. The summed E-state index contributed by atoms with van der Waals surface area (Å²) in [5.74, 6) is -0.865. The number of aromatic hydroxyl groups is 1. The highest BCUT2D eigenvalue weighted by atomic mass is 16.6. The molecule has 1 aliphatic carbocycles. The van der Waals surface area contributed by atoms with Crippen molar-refractivity contribution in [1.29, 1.82) is 0 Å². The predicted molar refractivity (Wildman–Crippen MR) is 75.1 cm³/mol. The topological polar surface area (TPSA) is 113 Å². The highest BCUT2D eigenvalue weighted by Gasteiger charge is 2.27. The van der Waals surface area contributed by atoms with Crippen LogP contribution >= 0.6 is 0 Å². The van der Waals surface area contributed by atoms with Gasteiger partial charge in [0.05, 0.1) is 17.1 Å². The number of nitrogens with zero attached hydrogens (tertiary/aromatic N) is 1. The zero-order chi connectivity index (χ0) is 15.4. The van der Waals surface area contributed by atoms with Crippen molar-refractivity contribution in [2.24, 2.45) is 0 Å². The summed E-state index contributed by atoms with van der Waals surface area (Å²) in [6.07, 6.45) is 3.39. The van der Waals surface area contributed by atoms with Crippen molar-refractivity contribution in [2.45, 2.75) is 44.2 Å². The number of nitro groups is 1. The van der Waals surface area contributed by atoms with Gasteiger partial charge in [0, 0.05) is 6.07 Å². The SMILES string of the molecule is O=C(NC1CCCCCC1O)c1cc(O)ccc1[N+](=O)[O-]. The highest BCUT2D eigenvalue weighted by Crippen LogP contribution is 2.24. The van der Waals surface area contributed by atoms with Crippen molar-refractivity contribution >= 4 is 11.6 Å². The second-order valence-electron chi connectivity index (χ2n) is 5.24. The average molecular weight is 294 g/mol.